The molecule has 0 aliphatic heterocycles. The Labute approximate surface area is 334 Å². The van der Waals surface area contributed by atoms with Crippen molar-refractivity contribution in [2.75, 3.05) is 26.4 Å². The van der Waals surface area contributed by atoms with Crippen LogP contribution in [0.1, 0.15) is 142 Å². The summed E-state index contributed by atoms with van der Waals surface area (Å²) in [6.45, 7) is 3.29. The van der Waals surface area contributed by atoms with Gasteiger partial charge < -0.3 is 20.1 Å². The van der Waals surface area contributed by atoms with Crippen molar-refractivity contribution in [3.8, 4) is 0 Å². The second-order valence-electron chi connectivity index (χ2n) is 13.2. The molecular formula is C45H74NO8P. The van der Waals surface area contributed by atoms with Crippen LogP contribution in [0.2, 0.25) is 0 Å². The summed E-state index contributed by atoms with van der Waals surface area (Å²) in [6, 6.07) is 0. The van der Waals surface area contributed by atoms with Gasteiger partial charge in [-0.15, -0.1) is 0 Å². The number of ether oxygens (including phenoxy) is 1. The fourth-order valence-corrected chi connectivity index (χ4v) is 5.63. The van der Waals surface area contributed by atoms with Crippen molar-refractivity contribution in [3.05, 3.63) is 97.2 Å². The molecule has 0 aromatic heterocycles. The first-order chi connectivity index (χ1) is 26.8. The lowest BCUT2D eigenvalue weighted by atomic mass is 10.1. The summed E-state index contributed by atoms with van der Waals surface area (Å²) in [4.78, 5) is 33.8. The van der Waals surface area contributed by atoms with Gasteiger partial charge in [0, 0.05) is 19.4 Å². The Kier molecular flexibility index (Phi) is 38.3. The molecule has 0 radical (unpaired) electrons. The SMILES string of the molecule is CC/C=C\C/C=C\C/C=C\C/C=C\C/C=C\C/C=C\C/C=C\CCCC(=O)OCC(O)COP(=O)(O)OCCNC(=O)CCCCCCC/C=C\CCCC. The molecule has 0 heterocycles. The second-order valence-corrected chi connectivity index (χ2v) is 14.7. The number of phosphoric ester groups is 1. The fourth-order valence-electron chi connectivity index (χ4n) is 4.88. The Morgan fingerprint density at radius 1 is 0.582 bits per heavy atom. The van der Waals surface area contributed by atoms with Crippen LogP contribution in [0.5, 0.6) is 0 Å². The monoisotopic (exact) mass is 788 g/mol. The summed E-state index contributed by atoms with van der Waals surface area (Å²) >= 11 is 0. The molecule has 0 saturated heterocycles. The first-order valence-electron chi connectivity index (χ1n) is 20.7. The number of allylic oxidation sites excluding steroid dienone is 16. The highest BCUT2D eigenvalue weighted by Crippen LogP contribution is 2.42. The van der Waals surface area contributed by atoms with Gasteiger partial charge in [-0.1, -0.05) is 143 Å². The topological polar surface area (TPSA) is 131 Å². The van der Waals surface area contributed by atoms with E-state index in [0.29, 0.717) is 12.8 Å². The maximum absolute atomic E-state index is 12.1. The lowest BCUT2D eigenvalue weighted by molar-refractivity contribution is -0.147. The highest BCUT2D eigenvalue weighted by Gasteiger charge is 2.23. The smallest absolute Gasteiger partial charge is 0.463 e. The third-order valence-electron chi connectivity index (χ3n) is 8.00. The number of hydrogen-bond donors (Lipinski definition) is 3. The van der Waals surface area contributed by atoms with Crippen LogP contribution < -0.4 is 5.32 Å². The number of carbonyl (C=O) groups excluding carboxylic acids is 2. The molecule has 0 aromatic carbocycles. The molecule has 0 spiro atoms. The van der Waals surface area contributed by atoms with Gasteiger partial charge in [0.1, 0.15) is 12.7 Å². The van der Waals surface area contributed by atoms with Crippen LogP contribution in [-0.2, 0) is 27.9 Å². The van der Waals surface area contributed by atoms with Crippen LogP contribution in [0.15, 0.2) is 97.2 Å². The van der Waals surface area contributed by atoms with E-state index < -0.39 is 26.5 Å². The molecule has 0 aliphatic rings. The summed E-state index contributed by atoms with van der Waals surface area (Å²) < 4.78 is 26.7. The molecule has 0 rings (SSSR count). The third kappa shape index (κ3) is 41.9. The van der Waals surface area contributed by atoms with Gasteiger partial charge in [0.15, 0.2) is 0 Å². The van der Waals surface area contributed by atoms with Gasteiger partial charge >= 0.3 is 13.8 Å². The third-order valence-corrected chi connectivity index (χ3v) is 8.98. The van der Waals surface area contributed by atoms with E-state index in [1.165, 1.54) is 19.3 Å². The van der Waals surface area contributed by atoms with Crippen molar-refractivity contribution < 1.29 is 37.9 Å². The molecule has 10 heteroatoms. The molecule has 55 heavy (non-hydrogen) atoms. The number of rotatable bonds is 37. The minimum atomic E-state index is -4.43. The Morgan fingerprint density at radius 3 is 1.62 bits per heavy atom. The zero-order chi connectivity index (χ0) is 40.3. The Morgan fingerprint density at radius 2 is 1.05 bits per heavy atom. The molecule has 0 bridgehead atoms. The number of unbranched alkanes of at least 4 members (excludes halogenated alkanes) is 8. The van der Waals surface area contributed by atoms with E-state index in [-0.39, 0.29) is 32.1 Å². The number of phosphoric acid groups is 1. The number of carbonyl (C=O) groups is 2. The summed E-state index contributed by atoms with van der Waals surface area (Å²) in [6.07, 6.45) is 52.0. The summed E-state index contributed by atoms with van der Waals surface area (Å²) in [7, 11) is -4.43. The number of amides is 1. The van der Waals surface area contributed by atoms with Crippen LogP contribution in [0.4, 0.5) is 0 Å². The normalized spacial score (nSPS) is 14.3. The zero-order valence-electron chi connectivity index (χ0n) is 34.1. The van der Waals surface area contributed by atoms with E-state index in [1.54, 1.807) is 0 Å². The van der Waals surface area contributed by atoms with Crippen molar-refractivity contribution in [2.24, 2.45) is 0 Å². The molecule has 9 nitrogen and oxygen atoms in total. The number of nitrogens with one attached hydrogen (secondary N) is 1. The van der Waals surface area contributed by atoms with Gasteiger partial charge in [0.05, 0.1) is 13.2 Å². The largest absolute Gasteiger partial charge is 0.472 e. The minimum Gasteiger partial charge on any atom is -0.463 e. The lowest BCUT2D eigenvalue weighted by Gasteiger charge is -2.15. The van der Waals surface area contributed by atoms with Gasteiger partial charge in [-0.25, -0.2) is 4.57 Å². The van der Waals surface area contributed by atoms with Crippen molar-refractivity contribution in [1.82, 2.24) is 5.32 Å². The molecule has 0 saturated carbocycles. The zero-order valence-corrected chi connectivity index (χ0v) is 35.0. The molecule has 2 unspecified atom stereocenters. The highest BCUT2D eigenvalue weighted by atomic mass is 31.2. The van der Waals surface area contributed by atoms with Gasteiger partial charge in [-0.3, -0.25) is 18.6 Å². The summed E-state index contributed by atoms with van der Waals surface area (Å²) in [5.41, 5.74) is 0. The van der Waals surface area contributed by atoms with Crippen LogP contribution in [0, 0.1) is 0 Å². The van der Waals surface area contributed by atoms with Crippen LogP contribution in [-0.4, -0.2) is 54.3 Å². The molecule has 1 amide bonds. The van der Waals surface area contributed by atoms with Crippen molar-refractivity contribution >= 4 is 19.7 Å². The predicted molar refractivity (Wildman–Crippen MR) is 229 cm³/mol. The van der Waals surface area contributed by atoms with E-state index in [4.69, 9.17) is 13.8 Å². The molecule has 312 valence electrons. The van der Waals surface area contributed by atoms with Gasteiger partial charge in [-0.2, -0.15) is 0 Å². The van der Waals surface area contributed by atoms with Crippen molar-refractivity contribution in [2.45, 2.75) is 148 Å². The van der Waals surface area contributed by atoms with Gasteiger partial charge in [-0.05, 0) is 83.5 Å². The van der Waals surface area contributed by atoms with Crippen molar-refractivity contribution in [3.63, 3.8) is 0 Å². The predicted octanol–water partition coefficient (Wildman–Crippen LogP) is 11.4. The molecule has 0 aromatic rings. The standard InChI is InChI=1S/C45H74NO8P/c1-3-5-7-9-11-13-15-16-17-18-19-20-21-22-23-24-25-26-28-30-32-34-36-38-45(49)52-41-43(47)42-54-55(50,51)53-40-39-46-44(48)37-35-33-31-29-27-14-12-10-8-6-4-2/h5,7,10-13,16-17,19-20,22-23,25-26,30,32,43,47H,3-4,6,8-9,14-15,18,21,24,27-29,31,33-42H2,1-2H3,(H,46,48)(H,50,51)/b7-5-,12-10-,13-11-,17-16-,20-19-,23-22-,26-25-,32-30-. The summed E-state index contributed by atoms with van der Waals surface area (Å²) in [5.74, 6) is -0.598. The first kappa shape index (κ1) is 51.9. The molecule has 0 aliphatic carbocycles. The lowest BCUT2D eigenvalue weighted by Crippen LogP contribution is -2.27. The van der Waals surface area contributed by atoms with Crippen LogP contribution in [0.25, 0.3) is 0 Å². The van der Waals surface area contributed by atoms with E-state index in [9.17, 15) is 24.2 Å². The first-order valence-corrected chi connectivity index (χ1v) is 22.2. The molecular weight excluding hydrogens is 713 g/mol. The molecule has 3 N–H and O–H groups in total. The molecule has 0 fully saturated rings. The number of hydrogen-bond acceptors (Lipinski definition) is 7. The molecule has 2 atom stereocenters. The van der Waals surface area contributed by atoms with Crippen LogP contribution in [0.3, 0.4) is 0 Å². The quantitative estimate of drug-likeness (QED) is 0.0245. The van der Waals surface area contributed by atoms with E-state index >= 15 is 0 Å². The Hall–Kier alpha value is -3.07. The van der Waals surface area contributed by atoms with Crippen LogP contribution >= 0.6 is 7.82 Å². The minimum absolute atomic E-state index is 0.0645. The number of esters is 1. The average Bonchev–Trinajstić information content (AvgIpc) is 3.17. The second kappa shape index (κ2) is 40.6. The van der Waals surface area contributed by atoms with E-state index in [0.717, 1.165) is 89.9 Å². The highest BCUT2D eigenvalue weighted by molar-refractivity contribution is 7.47. The van der Waals surface area contributed by atoms with Gasteiger partial charge in [0.25, 0.3) is 0 Å². The maximum Gasteiger partial charge on any atom is 0.472 e. The summed E-state index contributed by atoms with van der Waals surface area (Å²) in [5, 5.41) is 12.6. The average molecular weight is 788 g/mol. The van der Waals surface area contributed by atoms with Gasteiger partial charge in [0.2, 0.25) is 5.91 Å². The maximum atomic E-state index is 12.1. The van der Waals surface area contributed by atoms with E-state index in [2.05, 4.69) is 110 Å². The fraction of sp³-hybridized carbons (Fsp3) is 0.600. The Balaban J connectivity index is 3.76. The van der Waals surface area contributed by atoms with E-state index in [1.807, 2.05) is 6.08 Å². The number of aliphatic hydroxyl groups excluding tert-OH is 1. The number of aliphatic hydroxyl groups is 1. The Bertz CT molecular complexity index is 1220. The van der Waals surface area contributed by atoms with Crippen molar-refractivity contribution in [1.29, 1.82) is 0 Å².